The van der Waals surface area contributed by atoms with Gasteiger partial charge in [-0.3, -0.25) is 4.79 Å². The predicted molar refractivity (Wildman–Crippen MR) is 40.3 cm³/mol. The lowest BCUT2D eigenvalue weighted by Gasteiger charge is -2.07. The molecule has 3 atom stereocenters. The van der Waals surface area contributed by atoms with E-state index in [0.717, 1.165) is 6.42 Å². The van der Waals surface area contributed by atoms with E-state index in [9.17, 15) is 4.79 Å². The quantitative estimate of drug-likeness (QED) is 0.583. The molecule has 2 N–H and O–H groups in total. The van der Waals surface area contributed by atoms with E-state index in [1.165, 1.54) is 19.3 Å². The van der Waals surface area contributed by atoms with Crippen molar-refractivity contribution >= 4 is 5.97 Å². The normalized spacial score (nSPS) is 42.4. The molecule has 1 heterocycles. The summed E-state index contributed by atoms with van der Waals surface area (Å²) in [7, 11) is 0. The molecule has 0 aromatic carbocycles. The van der Waals surface area contributed by atoms with E-state index < -0.39 is 5.97 Å². The summed E-state index contributed by atoms with van der Waals surface area (Å²) in [6.07, 6.45) is 4.52. The number of nitrogens with one attached hydrogen (secondary N) is 1. The molecule has 0 radical (unpaired) electrons. The first-order valence-electron chi connectivity index (χ1n) is 4.26. The van der Waals surface area contributed by atoms with Crippen molar-refractivity contribution in [3.8, 4) is 0 Å². The van der Waals surface area contributed by atoms with Gasteiger partial charge < -0.3 is 10.4 Å². The van der Waals surface area contributed by atoms with Crippen LogP contribution in [0.5, 0.6) is 0 Å². The molecule has 1 saturated heterocycles. The van der Waals surface area contributed by atoms with Crippen LogP contribution >= 0.6 is 0 Å². The fourth-order valence-electron chi connectivity index (χ4n) is 2.34. The van der Waals surface area contributed by atoms with Gasteiger partial charge in [0, 0.05) is 6.04 Å². The third kappa shape index (κ3) is 1.13. The highest BCUT2D eigenvalue weighted by Crippen LogP contribution is 2.34. The summed E-state index contributed by atoms with van der Waals surface area (Å²) in [5, 5.41) is 11.9. The maximum atomic E-state index is 10.6. The predicted octanol–water partition coefficient (Wildman–Crippen LogP) is 0.602. The molecule has 1 aliphatic carbocycles. The van der Waals surface area contributed by atoms with Gasteiger partial charge in [-0.15, -0.1) is 0 Å². The Kier molecular flexibility index (Phi) is 1.60. The fourth-order valence-corrected chi connectivity index (χ4v) is 2.34. The summed E-state index contributed by atoms with van der Waals surface area (Å²) in [6, 6.07) is 0.251. The van der Waals surface area contributed by atoms with Crippen molar-refractivity contribution in [2.24, 2.45) is 5.92 Å². The SMILES string of the molecule is O=C(O)[C@@H]1C[C@H]2CCC[C@H]2N1. The molecule has 1 saturated carbocycles. The first-order valence-corrected chi connectivity index (χ1v) is 4.26. The lowest BCUT2D eigenvalue weighted by Crippen LogP contribution is -2.34. The molecule has 0 amide bonds. The number of carbonyl (C=O) groups is 1. The van der Waals surface area contributed by atoms with Gasteiger partial charge in [0.2, 0.25) is 0 Å². The van der Waals surface area contributed by atoms with Gasteiger partial charge in [0.1, 0.15) is 6.04 Å². The zero-order valence-electron chi connectivity index (χ0n) is 6.42. The van der Waals surface area contributed by atoms with Crippen LogP contribution in [0.3, 0.4) is 0 Å². The molecule has 0 aromatic rings. The Morgan fingerprint density at radius 2 is 2.27 bits per heavy atom. The van der Waals surface area contributed by atoms with Gasteiger partial charge in [0.25, 0.3) is 0 Å². The number of carboxylic acid groups (broad SMARTS) is 1. The minimum Gasteiger partial charge on any atom is -0.480 e. The molecule has 2 fully saturated rings. The number of hydrogen-bond donors (Lipinski definition) is 2. The van der Waals surface area contributed by atoms with Crippen LogP contribution in [0.2, 0.25) is 0 Å². The second-order valence-electron chi connectivity index (χ2n) is 3.59. The van der Waals surface area contributed by atoms with Gasteiger partial charge in [-0.1, -0.05) is 6.42 Å². The van der Waals surface area contributed by atoms with Crippen molar-refractivity contribution < 1.29 is 9.90 Å². The molecule has 0 aromatic heterocycles. The molecule has 11 heavy (non-hydrogen) atoms. The van der Waals surface area contributed by atoms with Gasteiger partial charge in [-0.2, -0.15) is 0 Å². The highest BCUT2D eigenvalue weighted by Gasteiger charge is 2.39. The van der Waals surface area contributed by atoms with Crippen LogP contribution in [0, 0.1) is 5.92 Å². The second-order valence-corrected chi connectivity index (χ2v) is 3.59. The van der Waals surface area contributed by atoms with Crippen LogP contribution in [-0.2, 0) is 4.79 Å². The smallest absolute Gasteiger partial charge is 0.320 e. The van der Waals surface area contributed by atoms with Gasteiger partial charge in [-0.05, 0) is 25.2 Å². The Morgan fingerprint density at radius 3 is 2.91 bits per heavy atom. The van der Waals surface area contributed by atoms with Gasteiger partial charge >= 0.3 is 5.97 Å². The van der Waals surface area contributed by atoms with Crippen LogP contribution in [0.25, 0.3) is 0 Å². The zero-order chi connectivity index (χ0) is 7.84. The monoisotopic (exact) mass is 155 g/mol. The summed E-state index contributed by atoms with van der Waals surface area (Å²) >= 11 is 0. The highest BCUT2D eigenvalue weighted by molar-refractivity contribution is 5.74. The van der Waals surface area contributed by atoms with Gasteiger partial charge in [0.05, 0.1) is 0 Å². The molecule has 0 bridgehead atoms. The lowest BCUT2D eigenvalue weighted by molar-refractivity contribution is -0.139. The van der Waals surface area contributed by atoms with Crippen molar-refractivity contribution in [3.63, 3.8) is 0 Å². The van der Waals surface area contributed by atoms with Crippen molar-refractivity contribution in [2.75, 3.05) is 0 Å². The number of hydrogen-bond acceptors (Lipinski definition) is 2. The van der Waals surface area contributed by atoms with Gasteiger partial charge in [-0.25, -0.2) is 0 Å². The number of fused-ring (bicyclic) bond motifs is 1. The number of carboxylic acids is 1. The lowest BCUT2D eigenvalue weighted by atomic mass is 10.0. The van der Waals surface area contributed by atoms with Crippen LogP contribution in [-0.4, -0.2) is 23.2 Å². The van der Waals surface area contributed by atoms with E-state index in [4.69, 9.17) is 5.11 Å². The number of aliphatic carboxylic acids is 1. The Morgan fingerprint density at radius 1 is 1.45 bits per heavy atom. The topological polar surface area (TPSA) is 49.3 Å². The average Bonchev–Trinajstić information content (AvgIpc) is 2.40. The third-order valence-electron chi connectivity index (χ3n) is 2.91. The first-order chi connectivity index (χ1) is 5.27. The van der Waals surface area contributed by atoms with E-state index in [2.05, 4.69) is 5.32 Å². The molecule has 0 unspecified atom stereocenters. The standard InChI is InChI=1S/C8H13NO2/c10-8(11)7-4-5-2-1-3-6(5)9-7/h5-7,9H,1-4H2,(H,10,11)/t5-,6-,7+/m1/s1. The van der Waals surface area contributed by atoms with Crippen LogP contribution < -0.4 is 5.32 Å². The molecule has 2 rings (SSSR count). The molecule has 0 spiro atoms. The summed E-state index contributed by atoms with van der Waals surface area (Å²) in [4.78, 5) is 10.6. The maximum absolute atomic E-state index is 10.6. The van der Waals surface area contributed by atoms with Crippen molar-refractivity contribution in [1.29, 1.82) is 0 Å². The van der Waals surface area contributed by atoms with Crippen LogP contribution in [0.15, 0.2) is 0 Å². The van der Waals surface area contributed by atoms with Crippen molar-refractivity contribution in [2.45, 2.75) is 37.8 Å². The molecule has 3 nitrogen and oxygen atoms in total. The molecular weight excluding hydrogens is 142 g/mol. The summed E-state index contributed by atoms with van der Waals surface area (Å²) < 4.78 is 0. The Labute approximate surface area is 65.8 Å². The fraction of sp³-hybridized carbons (Fsp3) is 0.875. The minimum atomic E-state index is -0.681. The Balaban J connectivity index is 1.99. The second kappa shape index (κ2) is 2.48. The number of rotatable bonds is 1. The van der Waals surface area contributed by atoms with Crippen LogP contribution in [0.1, 0.15) is 25.7 Å². The molecular formula is C8H13NO2. The maximum Gasteiger partial charge on any atom is 0.320 e. The highest BCUT2D eigenvalue weighted by atomic mass is 16.4. The summed E-state index contributed by atoms with van der Waals surface area (Å²) in [5.74, 6) is -0.0319. The molecule has 2 aliphatic rings. The third-order valence-corrected chi connectivity index (χ3v) is 2.91. The van der Waals surface area contributed by atoms with E-state index in [1.807, 2.05) is 0 Å². The molecule has 3 heteroatoms. The average molecular weight is 155 g/mol. The Bertz CT molecular complexity index is 169. The molecule has 62 valence electrons. The molecule has 1 aliphatic heterocycles. The van der Waals surface area contributed by atoms with Crippen molar-refractivity contribution in [3.05, 3.63) is 0 Å². The largest absolute Gasteiger partial charge is 0.480 e. The van der Waals surface area contributed by atoms with E-state index in [1.54, 1.807) is 0 Å². The zero-order valence-corrected chi connectivity index (χ0v) is 6.42. The summed E-state index contributed by atoms with van der Waals surface area (Å²) in [6.45, 7) is 0. The van der Waals surface area contributed by atoms with E-state index in [0.29, 0.717) is 12.0 Å². The van der Waals surface area contributed by atoms with Crippen molar-refractivity contribution in [1.82, 2.24) is 5.32 Å². The van der Waals surface area contributed by atoms with E-state index in [-0.39, 0.29) is 6.04 Å². The van der Waals surface area contributed by atoms with Gasteiger partial charge in [0.15, 0.2) is 0 Å². The summed E-state index contributed by atoms with van der Waals surface area (Å²) in [5.41, 5.74) is 0. The van der Waals surface area contributed by atoms with Crippen LogP contribution in [0.4, 0.5) is 0 Å². The minimum absolute atomic E-state index is 0.259. The van der Waals surface area contributed by atoms with E-state index >= 15 is 0 Å². The Hall–Kier alpha value is -0.570. The first kappa shape index (κ1) is 7.10.